The van der Waals surface area contributed by atoms with Crippen LogP contribution in [0.15, 0.2) is 24.3 Å². The fourth-order valence-corrected chi connectivity index (χ4v) is 1.81. The van der Waals surface area contributed by atoms with E-state index in [9.17, 15) is 9.59 Å². The van der Waals surface area contributed by atoms with Gasteiger partial charge in [0.15, 0.2) is 11.6 Å². The van der Waals surface area contributed by atoms with Crippen LogP contribution in [-0.2, 0) is 0 Å². The third-order valence-electron chi connectivity index (χ3n) is 3.45. The first kappa shape index (κ1) is 14.6. The summed E-state index contributed by atoms with van der Waals surface area (Å²) in [5.74, 6) is 0.124. The Morgan fingerprint density at radius 3 is 2.11 bits per heavy atom. The summed E-state index contributed by atoms with van der Waals surface area (Å²) in [5, 5.41) is 0. The number of carbonyl (C=O) groups is 2. The average molecular weight is 246 g/mol. The van der Waals surface area contributed by atoms with Crippen LogP contribution in [0.3, 0.4) is 0 Å². The van der Waals surface area contributed by atoms with Crippen LogP contribution >= 0.6 is 0 Å². The normalized spacial score (nSPS) is 11.3. The first-order valence-corrected chi connectivity index (χ1v) is 6.61. The molecule has 2 heteroatoms. The molecule has 0 aliphatic rings. The first-order valence-electron chi connectivity index (χ1n) is 6.61. The van der Waals surface area contributed by atoms with Crippen LogP contribution in [0.5, 0.6) is 0 Å². The van der Waals surface area contributed by atoms with E-state index in [-0.39, 0.29) is 11.6 Å². The molecule has 1 aromatic rings. The number of rotatable bonds is 6. The number of hydrogen-bond acceptors (Lipinski definition) is 2. The Hall–Kier alpha value is -1.44. The Morgan fingerprint density at radius 2 is 1.61 bits per heavy atom. The van der Waals surface area contributed by atoms with Gasteiger partial charge in [-0.1, -0.05) is 52.0 Å². The second kappa shape index (κ2) is 5.94. The van der Waals surface area contributed by atoms with Gasteiger partial charge >= 0.3 is 0 Å². The average Bonchev–Trinajstić information content (AvgIpc) is 2.38. The van der Waals surface area contributed by atoms with Crippen molar-refractivity contribution in [1.82, 2.24) is 0 Å². The van der Waals surface area contributed by atoms with Crippen LogP contribution in [0.4, 0.5) is 0 Å². The van der Waals surface area contributed by atoms with Gasteiger partial charge in [0.2, 0.25) is 0 Å². The third-order valence-corrected chi connectivity index (χ3v) is 3.45. The maximum Gasteiger partial charge on any atom is 0.169 e. The maximum absolute atomic E-state index is 12.5. The van der Waals surface area contributed by atoms with Crippen LogP contribution in [0, 0.1) is 5.41 Å². The van der Waals surface area contributed by atoms with Crippen LogP contribution in [-0.4, -0.2) is 11.6 Å². The smallest absolute Gasteiger partial charge is 0.169 e. The van der Waals surface area contributed by atoms with Crippen LogP contribution in [0.1, 0.15) is 67.7 Å². The molecule has 0 spiro atoms. The first-order chi connectivity index (χ1) is 8.44. The van der Waals surface area contributed by atoms with E-state index in [1.54, 1.807) is 12.1 Å². The van der Waals surface area contributed by atoms with Gasteiger partial charge in [-0.05, 0) is 12.8 Å². The molecule has 0 aliphatic heterocycles. The molecule has 0 unspecified atom stereocenters. The van der Waals surface area contributed by atoms with Gasteiger partial charge in [0.05, 0.1) is 0 Å². The van der Waals surface area contributed by atoms with Crippen molar-refractivity contribution in [2.45, 2.75) is 47.0 Å². The lowest BCUT2D eigenvalue weighted by Crippen LogP contribution is -2.25. The van der Waals surface area contributed by atoms with Gasteiger partial charge in [0.25, 0.3) is 0 Å². The Morgan fingerprint density at radius 1 is 1.06 bits per heavy atom. The summed E-state index contributed by atoms with van der Waals surface area (Å²) in [6, 6.07) is 7.17. The van der Waals surface area contributed by atoms with Gasteiger partial charge in [-0.25, -0.2) is 0 Å². The number of benzene rings is 1. The molecule has 18 heavy (non-hydrogen) atoms. The van der Waals surface area contributed by atoms with Gasteiger partial charge in [-0.15, -0.1) is 0 Å². The molecule has 0 aromatic heterocycles. The van der Waals surface area contributed by atoms with Gasteiger partial charge in [0, 0.05) is 23.0 Å². The fraction of sp³-hybridized carbons (Fsp3) is 0.500. The predicted octanol–water partition coefficient (Wildman–Crippen LogP) is 4.29. The molecular formula is C16H22O2. The second-order valence-electron chi connectivity index (χ2n) is 5.29. The highest BCUT2D eigenvalue weighted by atomic mass is 16.1. The van der Waals surface area contributed by atoms with E-state index in [2.05, 4.69) is 0 Å². The maximum atomic E-state index is 12.5. The number of hydrogen-bond donors (Lipinski definition) is 0. The van der Waals surface area contributed by atoms with Crippen molar-refractivity contribution in [3.63, 3.8) is 0 Å². The van der Waals surface area contributed by atoms with Crippen molar-refractivity contribution in [3.05, 3.63) is 35.4 Å². The summed E-state index contributed by atoms with van der Waals surface area (Å²) < 4.78 is 0. The largest absolute Gasteiger partial charge is 0.294 e. The molecule has 1 rings (SSSR count). The summed E-state index contributed by atoms with van der Waals surface area (Å²) in [6.45, 7) is 7.82. The molecule has 0 bridgehead atoms. The molecule has 98 valence electrons. The molecule has 1 aromatic carbocycles. The minimum atomic E-state index is -0.414. The summed E-state index contributed by atoms with van der Waals surface area (Å²) in [7, 11) is 0. The molecular weight excluding hydrogens is 224 g/mol. The molecule has 0 heterocycles. The van der Waals surface area contributed by atoms with Crippen molar-refractivity contribution in [1.29, 1.82) is 0 Å². The highest BCUT2D eigenvalue weighted by Crippen LogP contribution is 2.27. The summed E-state index contributed by atoms with van der Waals surface area (Å²) >= 11 is 0. The van der Waals surface area contributed by atoms with E-state index in [4.69, 9.17) is 0 Å². The van der Waals surface area contributed by atoms with Gasteiger partial charge in [-0.3, -0.25) is 9.59 Å². The summed E-state index contributed by atoms with van der Waals surface area (Å²) in [4.78, 5) is 24.5. The van der Waals surface area contributed by atoms with Crippen molar-refractivity contribution in [3.8, 4) is 0 Å². The van der Waals surface area contributed by atoms with Crippen molar-refractivity contribution in [2.24, 2.45) is 5.41 Å². The van der Waals surface area contributed by atoms with E-state index >= 15 is 0 Å². The number of ketones is 2. The standard InChI is InChI=1S/C16H22O2/c1-5-9-14(17)12-10-7-8-11-13(12)15(18)16(3,4)6-2/h7-8,10-11H,5-6,9H2,1-4H3. The van der Waals surface area contributed by atoms with E-state index < -0.39 is 5.41 Å². The monoisotopic (exact) mass is 246 g/mol. The van der Waals surface area contributed by atoms with E-state index in [1.807, 2.05) is 39.8 Å². The molecule has 0 aliphatic carbocycles. The third kappa shape index (κ3) is 3.06. The topological polar surface area (TPSA) is 34.1 Å². The zero-order chi connectivity index (χ0) is 13.8. The fourth-order valence-electron chi connectivity index (χ4n) is 1.81. The second-order valence-corrected chi connectivity index (χ2v) is 5.29. The summed E-state index contributed by atoms with van der Waals surface area (Å²) in [6.07, 6.45) is 2.07. The lowest BCUT2D eigenvalue weighted by atomic mass is 9.80. The Balaban J connectivity index is 3.17. The predicted molar refractivity (Wildman–Crippen MR) is 74.1 cm³/mol. The summed E-state index contributed by atoms with van der Waals surface area (Å²) in [5.41, 5.74) is 0.733. The molecule has 0 amide bonds. The zero-order valence-electron chi connectivity index (χ0n) is 11.7. The van der Waals surface area contributed by atoms with Crippen LogP contribution in [0.2, 0.25) is 0 Å². The quantitative estimate of drug-likeness (QED) is 0.702. The minimum Gasteiger partial charge on any atom is -0.294 e. The molecule has 0 fully saturated rings. The molecule has 0 saturated heterocycles. The zero-order valence-corrected chi connectivity index (χ0v) is 11.7. The van der Waals surface area contributed by atoms with Gasteiger partial charge < -0.3 is 0 Å². The number of carbonyl (C=O) groups excluding carboxylic acids is 2. The van der Waals surface area contributed by atoms with Gasteiger partial charge in [-0.2, -0.15) is 0 Å². The minimum absolute atomic E-state index is 0.0602. The molecule has 2 nitrogen and oxygen atoms in total. The SMILES string of the molecule is CCCC(=O)c1ccccc1C(=O)C(C)(C)CC. The van der Waals surface area contributed by atoms with Crippen molar-refractivity contribution < 1.29 is 9.59 Å². The lowest BCUT2D eigenvalue weighted by molar-refractivity contribution is 0.0825. The lowest BCUT2D eigenvalue weighted by Gasteiger charge is -2.22. The van der Waals surface area contributed by atoms with Crippen LogP contribution in [0.25, 0.3) is 0 Å². The van der Waals surface area contributed by atoms with E-state index in [0.717, 1.165) is 12.8 Å². The van der Waals surface area contributed by atoms with Gasteiger partial charge in [0.1, 0.15) is 0 Å². The molecule has 0 atom stereocenters. The molecule has 0 radical (unpaired) electrons. The highest BCUT2D eigenvalue weighted by molar-refractivity contribution is 6.10. The highest BCUT2D eigenvalue weighted by Gasteiger charge is 2.29. The van der Waals surface area contributed by atoms with Crippen LogP contribution < -0.4 is 0 Å². The Kier molecular flexibility index (Phi) is 4.83. The Bertz CT molecular complexity index is 444. The van der Waals surface area contributed by atoms with Crippen molar-refractivity contribution >= 4 is 11.6 Å². The van der Waals surface area contributed by atoms with E-state index in [0.29, 0.717) is 17.5 Å². The number of Topliss-reactive ketones (excluding diaryl/α,β-unsaturated/α-hetero) is 2. The molecule has 0 N–H and O–H groups in total. The van der Waals surface area contributed by atoms with E-state index in [1.165, 1.54) is 0 Å². The van der Waals surface area contributed by atoms with Crippen molar-refractivity contribution in [2.75, 3.05) is 0 Å². The molecule has 0 saturated carbocycles. The Labute approximate surface area is 109 Å².